The van der Waals surface area contributed by atoms with Gasteiger partial charge in [-0.15, -0.1) is 5.10 Å². The summed E-state index contributed by atoms with van der Waals surface area (Å²) >= 11 is 0. The van der Waals surface area contributed by atoms with Crippen LogP contribution in [0.2, 0.25) is 0 Å². The molecule has 9 heteroatoms. The molecule has 9 nitrogen and oxygen atoms in total. The van der Waals surface area contributed by atoms with Crippen LogP contribution < -0.4 is 14.8 Å². The van der Waals surface area contributed by atoms with Crippen molar-refractivity contribution in [2.45, 2.75) is 26.0 Å². The molecule has 0 unspecified atom stereocenters. The normalized spacial score (nSPS) is 15.9. The SMILES string of the molecule is CC(C)n1nccc1-c1nnc(NC(=O)[C@H]2COc3ccccc3O2)o1. The van der Waals surface area contributed by atoms with Gasteiger partial charge in [0.25, 0.3) is 11.8 Å². The van der Waals surface area contributed by atoms with E-state index in [1.807, 2.05) is 26.0 Å². The second kappa shape index (κ2) is 6.51. The summed E-state index contributed by atoms with van der Waals surface area (Å²) in [5.74, 6) is 0.981. The van der Waals surface area contributed by atoms with Crippen molar-refractivity contribution >= 4 is 11.9 Å². The van der Waals surface area contributed by atoms with E-state index in [4.69, 9.17) is 13.9 Å². The van der Waals surface area contributed by atoms with Crippen LogP contribution in [0.15, 0.2) is 40.9 Å². The minimum atomic E-state index is -0.804. The molecule has 1 atom stereocenters. The fraction of sp³-hybridized carbons (Fsp3) is 0.294. The van der Waals surface area contributed by atoms with E-state index in [9.17, 15) is 4.79 Å². The van der Waals surface area contributed by atoms with Gasteiger partial charge in [-0.1, -0.05) is 17.2 Å². The van der Waals surface area contributed by atoms with Crippen LogP contribution in [0, 0.1) is 0 Å². The summed E-state index contributed by atoms with van der Waals surface area (Å²) in [4.78, 5) is 12.4. The molecule has 0 aliphatic carbocycles. The lowest BCUT2D eigenvalue weighted by Crippen LogP contribution is -2.40. The van der Waals surface area contributed by atoms with Crippen LogP contribution >= 0.6 is 0 Å². The number of carbonyl (C=O) groups excluding carboxylic acids is 1. The quantitative estimate of drug-likeness (QED) is 0.765. The van der Waals surface area contributed by atoms with E-state index in [0.29, 0.717) is 17.2 Å². The van der Waals surface area contributed by atoms with Gasteiger partial charge >= 0.3 is 6.01 Å². The van der Waals surface area contributed by atoms with Crippen LogP contribution in [-0.4, -0.2) is 38.6 Å². The Kier molecular flexibility index (Phi) is 4.04. The van der Waals surface area contributed by atoms with Crippen LogP contribution in [0.1, 0.15) is 19.9 Å². The van der Waals surface area contributed by atoms with Gasteiger partial charge in [-0.3, -0.25) is 14.8 Å². The number of rotatable bonds is 4. The summed E-state index contributed by atoms with van der Waals surface area (Å²) in [6.07, 6.45) is 0.851. The number of fused-ring (bicyclic) bond motifs is 1. The molecule has 1 aromatic carbocycles. The van der Waals surface area contributed by atoms with Crippen LogP contribution in [0.25, 0.3) is 11.6 Å². The fourth-order valence-corrected chi connectivity index (χ4v) is 2.61. The molecule has 3 heterocycles. The number of benzene rings is 1. The Balaban J connectivity index is 1.46. The van der Waals surface area contributed by atoms with Gasteiger partial charge in [0.2, 0.25) is 6.10 Å². The van der Waals surface area contributed by atoms with Crippen molar-refractivity contribution < 1.29 is 18.7 Å². The van der Waals surface area contributed by atoms with E-state index in [2.05, 4.69) is 20.6 Å². The summed E-state index contributed by atoms with van der Waals surface area (Å²) in [6.45, 7) is 4.09. The highest BCUT2D eigenvalue weighted by Gasteiger charge is 2.28. The first kappa shape index (κ1) is 16.1. The molecule has 1 aliphatic heterocycles. The van der Waals surface area contributed by atoms with Gasteiger partial charge in [0.15, 0.2) is 11.5 Å². The maximum absolute atomic E-state index is 12.4. The lowest BCUT2D eigenvalue weighted by molar-refractivity contribution is -0.125. The molecule has 134 valence electrons. The van der Waals surface area contributed by atoms with Crippen molar-refractivity contribution in [2.24, 2.45) is 0 Å². The first-order chi connectivity index (χ1) is 12.6. The standard InChI is InChI=1S/C17H17N5O4/c1-10(2)22-11(7-8-18-22)16-20-21-17(26-16)19-15(23)14-9-24-12-5-3-4-6-13(12)25-14/h3-8,10,14H,9H2,1-2H3,(H,19,21,23)/t14-/m1/s1. The zero-order valence-electron chi connectivity index (χ0n) is 14.2. The number of nitrogens with one attached hydrogen (secondary N) is 1. The highest BCUT2D eigenvalue weighted by Crippen LogP contribution is 2.31. The van der Waals surface area contributed by atoms with Crippen molar-refractivity contribution in [1.82, 2.24) is 20.0 Å². The van der Waals surface area contributed by atoms with E-state index in [1.54, 1.807) is 29.1 Å². The summed E-state index contributed by atoms with van der Waals surface area (Å²) in [5.41, 5.74) is 0.680. The molecule has 0 bridgehead atoms. The van der Waals surface area contributed by atoms with E-state index in [0.717, 1.165) is 0 Å². The van der Waals surface area contributed by atoms with Crippen molar-refractivity contribution in [3.8, 4) is 23.1 Å². The Morgan fingerprint density at radius 2 is 2.04 bits per heavy atom. The third kappa shape index (κ3) is 2.99. The maximum Gasteiger partial charge on any atom is 0.322 e. The summed E-state index contributed by atoms with van der Waals surface area (Å²) in [7, 11) is 0. The Labute approximate surface area is 148 Å². The summed E-state index contributed by atoms with van der Waals surface area (Å²) in [5, 5.41) is 14.6. The smallest absolute Gasteiger partial charge is 0.322 e. The number of nitrogens with zero attached hydrogens (tertiary/aromatic N) is 4. The molecule has 1 aliphatic rings. The largest absolute Gasteiger partial charge is 0.485 e. The minimum Gasteiger partial charge on any atom is -0.485 e. The minimum absolute atomic E-state index is 0.0102. The van der Waals surface area contributed by atoms with Crippen LogP contribution in [-0.2, 0) is 4.79 Å². The monoisotopic (exact) mass is 355 g/mol. The first-order valence-corrected chi connectivity index (χ1v) is 8.18. The zero-order valence-corrected chi connectivity index (χ0v) is 14.2. The highest BCUT2D eigenvalue weighted by atomic mass is 16.6. The molecule has 0 saturated heterocycles. The van der Waals surface area contributed by atoms with E-state index in [1.165, 1.54) is 0 Å². The van der Waals surface area contributed by atoms with Crippen molar-refractivity contribution in [1.29, 1.82) is 0 Å². The third-order valence-corrected chi connectivity index (χ3v) is 3.83. The molecule has 2 aromatic heterocycles. The number of hydrogen-bond donors (Lipinski definition) is 1. The zero-order chi connectivity index (χ0) is 18.1. The number of aromatic nitrogens is 4. The Hall–Kier alpha value is -3.36. The topological polar surface area (TPSA) is 104 Å². The van der Waals surface area contributed by atoms with Crippen molar-refractivity contribution in [2.75, 3.05) is 11.9 Å². The number of hydrogen-bond acceptors (Lipinski definition) is 7. The summed E-state index contributed by atoms with van der Waals surface area (Å²) in [6, 6.07) is 9.07. The summed E-state index contributed by atoms with van der Waals surface area (Å²) < 4.78 is 18.5. The molecule has 0 fully saturated rings. The predicted molar refractivity (Wildman–Crippen MR) is 90.9 cm³/mol. The van der Waals surface area contributed by atoms with Gasteiger partial charge < -0.3 is 13.9 Å². The molecular formula is C17H17N5O4. The van der Waals surface area contributed by atoms with Gasteiger partial charge in [-0.25, -0.2) is 0 Å². The molecule has 0 spiro atoms. The lowest BCUT2D eigenvalue weighted by atomic mass is 10.2. The maximum atomic E-state index is 12.4. The van der Waals surface area contributed by atoms with Gasteiger partial charge in [0, 0.05) is 12.2 Å². The van der Waals surface area contributed by atoms with Gasteiger partial charge in [-0.05, 0) is 32.0 Å². The van der Waals surface area contributed by atoms with E-state index in [-0.39, 0.29) is 24.6 Å². The van der Waals surface area contributed by atoms with Gasteiger partial charge in [0.05, 0.1) is 0 Å². The molecule has 4 rings (SSSR count). The van der Waals surface area contributed by atoms with Crippen LogP contribution in [0.4, 0.5) is 6.01 Å². The molecule has 26 heavy (non-hydrogen) atoms. The fourth-order valence-electron chi connectivity index (χ4n) is 2.61. The first-order valence-electron chi connectivity index (χ1n) is 8.18. The van der Waals surface area contributed by atoms with Crippen LogP contribution in [0.5, 0.6) is 11.5 Å². The number of amides is 1. The van der Waals surface area contributed by atoms with E-state index >= 15 is 0 Å². The average Bonchev–Trinajstić information content (AvgIpc) is 3.30. The highest BCUT2D eigenvalue weighted by molar-refractivity contribution is 5.93. The number of carbonyl (C=O) groups is 1. The number of ether oxygens (including phenoxy) is 2. The predicted octanol–water partition coefficient (Wildman–Crippen LogP) is 2.29. The van der Waals surface area contributed by atoms with Crippen molar-refractivity contribution in [3.05, 3.63) is 36.5 Å². The molecule has 1 N–H and O–H groups in total. The van der Waals surface area contributed by atoms with E-state index < -0.39 is 12.0 Å². The number of para-hydroxylation sites is 2. The number of anilines is 1. The molecule has 0 radical (unpaired) electrons. The van der Waals surface area contributed by atoms with Crippen molar-refractivity contribution in [3.63, 3.8) is 0 Å². The Morgan fingerprint density at radius 1 is 1.23 bits per heavy atom. The van der Waals surface area contributed by atoms with Gasteiger partial charge in [0.1, 0.15) is 12.3 Å². The Bertz CT molecular complexity index is 933. The van der Waals surface area contributed by atoms with Gasteiger partial charge in [-0.2, -0.15) is 5.10 Å². The Morgan fingerprint density at radius 3 is 2.85 bits per heavy atom. The third-order valence-electron chi connectivity index (χ3n) is 3.83. The molecule has 3 aromatic rings. The molecular weight excluding hydrogens is 338 g/mol. The average molecular weight is 355 g/mol. The molecule has 1 amide bonds. The molecule has 0 saturated carbocycles. The van der Waals surface area contributed by atoms with Crippen LogP contribution in [0.3, 0.4) is 0 Å². The second-order valence-electron chi connectivity index (χ2n) is 6.02. The lowest BCUT2D eigenvalue weighted by Gasteiger charge is -2.24. The second-order valence-corrected chi connectivity index (χ2v) is 6.02.